The molecule has 0 aliphatic carbocycles. The van der Waals surface area contributed by atoms with Crippen LogP contribution >= 0.6 is 34.3 Å². The zero-order valence-electron chi connectivity index (χ0n) is 5.38. The summed E-state index contributed by atoms with van der Waals surface area (Å²) >= 11 is 3.59. The van der Waals surface area contributed by atoms with Gasteiger partial charge in [-0.15, -0.1) is 0 Å². The van der Waals surface area contributed by atoms with Gasteiger partial charge >= 0.3 is 0 Å². The summed E-state index contributed by atoms with van der Waals surface area (Å²) in [5.41, 5.74) is 1.04. The van der Waals surface area contributed by atoms with Crippen LogP contribution in [0.5, 0.6) is 0 Å². The normalized spacial score (nSPS) is 10.1. The van der Waals surface area contributed by atoms with Gasteiger partial charge < -0.3 is 5.32 Å². The highest BCUT2D eigenvalue weighted by Gasteiger charge is 1.92. The summed E-state index contributed by atoms with van der Waals surface area (Å²) in [7, 11) is 0. The van der Waals surface area contributed by atoms with Gasteiger partial charge in [0, 0.05) is 17.5 Å². The Bertz CT molecular complexity index is 165. The Balaban J connectivity index is 2.15. The van der Waals surface area contributed by atoms with E-state index in [-0.39, 0.29) is 0 Å². The SMILES string of the molecule is ICCNCc1cnsn1. The second-order valence-electron chi connectivity index (χ2n) is 1.76. The minimum absolute atomic E-state index is 0.847. The first-order valence-electron chi connectivity index (χ1n) is 2.96. The fraction of sp³-hybridized carbons (Fsp3) is 0.600. The number of hydrogen-bond donors (Lipinski definition) is 1. The molecule has 1 N–H and O–H groups in total. The monoisotopic (exact) mass is 269 g/mol. The Labute approximate surface area is 77.7 Å². The summed E-state index contributed by atoms with van der Waals surface area (Å²) in [5.74, 6) is 0. The van der Waals surface area contributed by atoms with Crippen molar-refractivity contribution >= 4 is 34.3 Å². The van der Waals surface area contributed by atoms with Crippen molar-refractivity contribution < 1.29 is 0 Å². The van der Waals surface area contributed by atoms with E-state index < -0.39 is 0 Å². The number of nitrogens with zero attached hydrogens (tertiary/aromatic N) is 2. The molecule has 0 saturated carbocycles. The molecular weight excluding hydrogens is 261 g/mol. The molecule has 3 nitrogen and oxygen atoms in total. The maximum Gasteiger partial charge on any atom is 0.0880 e. The van der Waals surface area contributed by atoms with Gasteiger partial charge in [-0.2, -0.15) is 8.75 Å². The molecule has 0 radical (unpaired) electrons. The standard InChI is InChI=1S/C5H8IN3S/c6-1-2-7-3-5-4-8-10-9-5/h4,7H,1-3H2. The highest BCUT2D eigenvalue weighted by atomic mass is 127. The first-order valence-corrected chi connectivity index (χ1v) is 5.22. The number of nitrogens with one attached hydrogen (secondary N) is 1. The van der Waals surface area contributed by atoms with Crippen LogP contribution in [0.2, 0.25) is 0 Å². The fourth-order valence-electron chi connectivity index (χ4n) is 0.545. The van der Waals surface area contributed by atoms with E-state index >= 15 is 0 Å². The van der Waals surface area contributed by atoms with Crippen LogP contribution < -0.4 is 5.32 Å². The highest BCUT2D eigenvalue weighted by molar-refractivity contribution is 14.1. The average Bonchev–Trinajstić information content (AvgIpc) is 2.41. The van der Waals surface area contributed by atoms with Crippen molar-refractivity contribution in [3.8, 4) is 0 Å². The molecule has 0 aliphatic heterocycles. The third-order valence-electron chi connectivity index (χ3n) is 0.984. The minimum Gasteiger partial charge on any atom is -0.310 e. The molecule has 1 rings (SSSR count). The maximum absolute atomic E-state index is 4.05. The second kappa shape index (κ2) is 4.97. The lowest BCUT2D eigenvalue weighted by Crippen LogP contribution is -2.15. The van der Waals surface area contributed by atoms with Crippen LogP contribution in [0.25, 0.3) is 0 Å². The Hall–Kier alpha value is 0.250. The summed E-state index contributed by atoms with van der Waals surface area (Å²) in [6.45, 7) is 1.89. The molecule has 0 fully saturated rings. The van der Waals surface area contributed by atoms with Gasteiger partial charge in [0.15, 0.2) is 0 Å². The summed E-state index contributed by atoms with van der Waals surface area (Å²) in [5, 5.41) is 3.23. The van der Waals surface area contributed by atoms with Gasteiger partial charge in [0.25, 0.3) is 0 Å². The number of rotatable bonds is 4. The third kappa shape index (κ3) is 2.89. The Morgan fingerprint density at radius 1 is 1.70 bits per heavy atom. The minimum atomic E-state index is 0.847. The quantitative estimate of drug-likeness (QED) is 0.504. The van der Waals surface area contributed by atoms with Gasteiger partial charge in [-0.1, -0.05) is 22.6 Å². The Morgan fingerprint density at radius 3 is 3.20 bits per heavy atom. The van der Waals surface area contributed by atoms with Gasteiger partial charge in [-0.05, 0) is 0 Å². The van der Waals surface area contributed by atoms with Crippen LogP contribution in [-0.4, -0.2) is 19.7 Å². The van der Waals surface area contributed by atoms with Crippen molar-refractivity contribution in [2.45, 2.75) is 6.54 Å². The predicted molar refractivity (Wildman–Crippen MR) is 50.5 cm³/mol. The van der Waals surface area contributed by atoms with Crippen LogP contribution in [0.4, 0.5) is 0 Å². The highest BCUT2D eigenvalue weighted by Crippen LogP contribution is 1.93. The molecule has 56 valence electrons. The van der Waals surface area contributed by atoms with Crippen molar-refractivity contribution in [3.05, 3.63) is 11.9 Å². The molecule has 10 heavy (non-hydrogen) atoms. The van der Waals surface area contributed by atoms with Gasteiger partial charge in [0.2, 0.25) is 0 Å². The maximum atomic E-state index is 4.05. The van der Waals surface area contributed by atoms with Gasteiger partial charge in [0.1, 0.15) is 0 Å². The number of aromatic nitrogens is 2. The zero-order valence-corrected chi connectivity index (χ0v) is 8.35. The van der Waals surface area contributed by atoms with Gasteiger partial charge in [-0.3, -0.25) is 0 Å². The molecule has 0 unspecified atom stereocenters. The lowest BCUT2D eigenvalue weighted by Gasteiger charge is -1.95. The first kappa shape index (κ1) is 8.35. The summed E-state index contributed by atoms with van der Waals surface area (Å²) in [6.07, 6.45) is 1.80. The lowest BCUT2D eigenvalue weighted by atomic mass is 10.5. The molecule has 0 bridgehead atoms. The van der Waals surface area contributed by atoms with E-state index in [4.69, 9.17) is 0 Å². The molecule has 1 aromatic rings. The molecule has 1 aromatic heterocycles. The molecule has 0 aliphatic rings. The first-order chi connectivity index (χ1) is 4.93. The third-order valence-corrected chi connectivity index (χ3v) is 2.04. The van der Waals surface area contributed by atoms with Crippen LogP contribution in [0.15, 0.2) is 6.20 Å². The molecule has 0 aromatic carbocycles. The van der Waals surface area contributed by atoms with Gasteiger partial charge in [0.05, 0.1) is 23.6 Å². The zero-order chi connectivity index (χ0) is 7.23. The number of halogens is 1. The van der Waals surface area contributed by atoms with Gasteiger partial charge in [-0.25, -0.2) is 0 Å². The topological polar surface area (TPSA) is 37.8 Å². The summed E-state index contributed by atoms with van der Waals surface area (Å²) in [6, 6.07) is 0. The smallest absolute Gasteiger partial charge is 0.0880 e. The van der Waals surface area contributed by atoms with Crippen LogP contribution in [0.3, 0.4) is 0 Å². The van der Waals surface area contributed by atoms with Crippen molar-refractivity contribution in [2.75, 3.05) is 11.0 Å². The lowest BCUT2D eigenvalue weighted by molar-refractivity contribution is 0.725. The molecular formula is C5H8IN3S. The molecule has 5 heteroatoms. The van der Waals surface area contributed by atoms with E-state index in [1.807, 2.05) is 0 Å². The van der Waals surface area contributed by atoms with E-state index in [0.717, 1.165) is 23.2 Å². The van der Waals surface area contributed by atoms with Crippen molar-refractivity contribution in [2.24, 2.45) is 0 Å². The summed E-state index contributed by atoms with van der Waals surface area (Å²) in [4.78, 5) is 0. The predicted octanol–water partition coefficient (Wildman–Crippen LogP) is 1.06. The van der Waals surface area contributed by atoms with E-state index in [1.54, 1.807) is 6.20 Å². The number of hydrogen-bond acceptors (Lipinski definition) is 4. The Morgan fingerprint density at radius 2 is 2.60 bits per heavy atom. The molecule has 0 saturated heterocycles. The second-order valence-corrected chi connectivity index (χ2v) is 3.40. The van der Waals surface area contributed by atoms with Crippen LogP contribution in [-0.2, 0) is 6.54 Å². The molecule has 1 heterocycles. The Kier molecular flexibility index (Phi) is 4.15. The van der Waals surface area contributed by atoms with Crippen molar-refractivity contribution in [1.82, 2.24) is 14.1 Å². The average molecular weight is 269 g/mol. The van der Waals surface area contributed by atoms with E-state index in [9.17, 15) is 0 Å². The summed E-state index contributed by atoms with van der Waals surface area (Å²) < 4.78 is 9.08. The van der Waals surface area contributed by atoms with E-state index in [1.165, 1.54) is 11.7 Å². The van der Waals surface area contributed by atoms with Crippen LogP contribution in [0.1, 0.15) is 5.69 Å². The molecule has 0 spiro atoms. The van der Waals surface area contributed by atoms with E-state index in [2.05, 4.69) is 36.7 Å². The fourth-order valence-corrected chi connectivity index (χ4v) is 1.36. The largest absolute Gasteiger partial charge is 0.310 e. The van der Waals surface area contributed by atoms with Crippen molar-refractivity contribution in [3.63, 3.8) is 0 Å². The van der Waals surface area contributed by atoms with E-state index in [0.29, 0.717) is 0 Å². The number of alkyl halides is 1. The van der Waals surface area contributed by atoms with Crippen molar-refractivity contribution in [1.29, 1.82) is 0 Å². The van der Waals surface area contributed by atoms with Crippen LogP contribution in [0, 0.1) is 0 Å². The molecule has 0 amide bonds. The molecule has 0 atom stereocenters.